The number of hydrogen-bond donors (Lipinski definition) is 1. The Hall–Kier alpha value is -2.13. The van der Waals surface area contributed by atoms with Crippen molar-refractivity contribution in [3.63, 3.8) is 0 Å². The van der Waals surface area contributed by atoms with Gasteiger partial charge in [0.1, 0.15) is 13.0 Å². The number of ether oxygens (including phenoxy) is 2. The third kappa shape index (κ3) is 4.39. The van der Waals surface area contributed by atoms with E-state index in [0.717, 1.165) is 6.07 Å². The second-order valence-electron chi connectivity index (χ2n) is 3.37. The van der Waals surface area contributed by atoms with Crippen LogP contribution in [0.2, 0.25) is 0 Å². The molecule has 0 radical (unpaired) electrons. The molecule has 0 unspecified atom stereocenters. The number of benzene rings is 1. The predicted molar refractivity (Wildman–Crippen MR) is 62.6 cm³/mol. The van der Waals surface area contributed by atoms with Crippen molar-refractivity contribution in [2.24, 2.45) is 0 Å². The zero-order chi connectivity index (χ0) is 13.4. The van der Waals surface area contributed by atoms with E-state index in [1.807, 2.05) is 0 Å². The van der Waals surface area contributed by atoms with Gasteiger partial charge in [-0.25, -0.2) is 4.39 Å². The lowest BCUT2D eigenvalue weighted by Crippen LogP contribution is -2.10. The third-order valence-corrected chi connectivity index (χ3v) is 2.00. The summed E-state index contributed by atoms with van der Waals surface area (Å²) in [6.45, 7) is 0.605. The normalized spacial score (nSPS) is 9.61. The van der Waals surface area contributed by atoms with E-state index in [-0.39, 0.29) is 24.5 Å². The van der Waals surface area contributed by atoms with Gasteiger partial charge in [-0.3, -0.25) is 4.79 Å². The average molecular weight is 252 g/mol. The van der Waals surface area contributed by atoms with Crippen LogP contribution in [0, 0.1) is 17.1 Å². The standard InChI is InChI=1S/C12H13FN2O3/c1-17-6-7-18-11-3-2-9(8-10(11)13)15-12(16)4-5-14/h2-3,8H,4,6-7H2,1H3,(H,15,16). The quantitative estimate of drug-likeness (QED) is 0.782. The molecule has 0 atom stereocenters. The summed E-state index contributed by atoms with van der Waals surface area (Å²) >= 11 is 0. The number of methoxy groups -OCH3 is 1. The fraction of sp³-hybridized carbons (Fsp3) is 0.333. The summed E-state index contributed by atoms with van der Waals surface area (Å²) in [5, 5.41) is 10.7. The topological polar surface area (TPSA) is 71.3 Å². The van der Waals surface area contributed by atoms with Gasteiger partial charge in [-0.1, -0.05) is 0 Å². The SMILES string of the molecule is COCCOc1ccc(NC(=O)CC#N)cc1F. The van der Waals surface area contributed by atoms with Gasteiger partial charge in [-0.05, 0) is 12.1 Å². The van der Waals surface area contributed by atoms with E-state index in [0.29, 0.717) is 6.61 Å². The Morgan fingerprint density at radius 3 is 2.89 bits per heavy atom. The summed E-state index contributed by atoms with van der Waals surface area (Å²) < 4.78 is 23.4. The van der Waals surface area contributed by atoms with E-state index in [4.69, 9.17) is 14.7 Å². The Balaban J connectivity index is 2.62. The molecule has 0 saturated carbocycles. The number of nitrogens with one attached hydrogen (secondary N) is 1. The van der Waals surface area contributed by atoms with Gasteiger partial charge in [0.2, 0.25) is 5.91 Å². The van der Waals surface area contributed by atoms with E-state index < -0.39 is 11.7 Å². The largest absolute Gasteiger partial charge is 0.488 e. The molecule has 0 saturated heterocycles. The Bertz CT molecular complexity index is 457. The molecule has 1 rings (SSSR count). The summed E-state index contributed by atoms with van der Waals surface area (Å²) in [7, 11) is 1.52. The summed E-state index contributed by atoms with van der Waals surface area (Å²) in [5.41, 5.74) is 0.284. The van der Waals surface area contributed by atoms with Crippen LogP contribution in [0.3, 0.4) is 0 Å². The number of carbonyl (C=O) groups is 1. The minimum absolute atomic E-state index is 0.0883. The Morgan fingerprint density at radius 1 is 1.50 bits per heavy atom. The Kier molecular flexibility index (Phi) is 5.61. The fourth-order valence-corrected chi connectivity index (χ4v) is 1.21. The molecule has 0 aliphatic heterocycles. The molecular formula is C12H13FN2O3. The molecule has 0 spiro atoms. The van der Waals surface area contributed by atoms with Gasteiger partial charge in [0, 0.05) is 18.9 Å². The monoisotopic (exact) mass is 252 g/mol. The first-order valence-corrected chi connectivity index (χ1v) is 5.25. The van der Waals surface area contributed by atoms with Crippen molar-refractivity contribution in [1.29, 1.82) is 5.26 Å². The Morgan fingerprint density at radius 2 is 2.28 bits per heavy atom. The van der Waals surface area contributed by atoms with Crippen LogP contribution in [0.1, 0.15) is 6.42 Å². The van der Waals surface area contributed by atoms with Crippen molar-refractivity contribution < 1.29 is 18.7 Å². The molecule has 0 aliphatic rings. The van der Waals surface area contributed by atoms with Crippen molar-refractivity contribution >= 4 is 11.6 Å². The van der Waals surface area contributed by atoms with Gasteiger partial charge in [0.05, 0.1) is 12.7 Å². The van der Waals surface area contributed by atoms with Gasteiger partial charge in [-0.2, -0.15) is 5.26 Å². The van der Waals surface area contributed by atoms with Crippen LogP contribution in [0.15, 0.2) is 18.2 Å². The highest BCUT2D eigenvalue weighted by atomic mass is 19.1. The Labute approximate surface area is 104 Å². The van der Waals surface area contributed by atoms with Crippen molar-refractivity contribution in [3.8, 4) is 11.8 Å². The first-order valence-electron chi connectivity index (χ1n) is 5.25. The minimum atomic E-state index is -0.583. The highest BCUT2D eigenvalue weighted by molar-refractivity contribution is 5.92. The molecule has 18 heavy (non-hydrogen) atoms. The number of halogens is 1. The summed E-state index contributed by atoms with van der Waals surface area (Å²) in [6.07, 6.45) is -0.270. The number of nitrogens with zero attached hydrogens (tertiary/aromatic N) is 1. The van der Waals surface area contributed by atoms with E-state index in [1.54, 1.807) is 6.07 Å². The first-order chi connectivity index (χ1) is 8.67. The van der Waals surface area contributed by atoms with Crippen LogP contribution in [0.5, 0.6) is 5.75 Å². The van der Waals surface area contributed by atoms with Crippen LogP contribution >= 0.6 is 0 Å². The molecule has 1 aromatic rings. The van der Waals surface area contributed by atoms with E-state index >= 15 is 0 Å². The van der Waals surface area contributed by atoms with Crippen molar-refractivity contribution in [3.05, 3.63) is 24.0 Å². The molecule has 1 amide bonds. The molecule has 1 N–H and O–H groups in total. The number of amides is 1. The van der Waals surface area contributed by atoms with Gasteiger partial charge in [-0.15, -0.1) is 0 Å². The van der Waals surface area contributed by atoms with Crippen LogP contribution in [0.25, 0.3) is 0 Å². The van der Waals surface area contributed by atoms with E-state index in [1.165, 1.54) is 19.2 Å². The maximum Gasteiger partial charge on any atom is 0.238 e. The maximum atomic E-state index is 13.5. The number of nitriles is 1. The number of carbonyl (C=O) groups excluding carboxylic acids is 1. The fourth-order valence-electron chi connectivity index (χ4n) is 1.21. The number of hydrogen-bond acceptors (Lipinski definition) is 4. The lowest BCUT2D eigenvalue weighted by molar-refractivity contribution is -0.115. The first kappa shape index (κ1) is 13.9. The van der Waals surface area contributed by atoms with Crippen LogP contribution in [0.4, 0.5) is 10.1 Å². The summed E-state index contributed by atoms with van der Waals surface area (Å²) in [5.74, 6) is -0.976. The van der Waals surface area contributed by atoms with Crippen molar-refractivity contribution in [1.82, 2.24) is 0 Å². The van der Waals surface area contributed by atoms with Crippen LogP contribution < -0.4 is 10.1 Å². The molecule has 0 heterocycles. The number of rotatable bonds is 6. The second kappa shape index (κ2) is 7.25. The van der Waals surface area contributed by atoms with Gasteiger partial charge in [0.25, 0.3) is 0 Å². The molecule has 0 fully saturated rings. The predicted octanol–water partition coefficient (Wildman–Crippen LogP) is 1.70. The zero-order valence-electron chi connectivity index (χ0n) is 9.90. The third-order valence-electron chi connectivity index (χ3n) is 2.00. The summed E-state index contributed by atoms with van der Waals surface area (Å²) in [4.78, 5) is 11.1. The summed E-state index contributed by atoms with van der Waals surface area (Å²) in [6, 6.07) is 5.75. The number of anilines is 1. The van der Waals surface area contributed by atoms with Crippen molar-refractivity contribution in [2.75, 3.05) is 25.6 Å². The minimum Gasteiger partial charge on any atom is -0.488 e. The molecule has 96 valence electrons. The lowest BCUT2D eigenvalue weighted by Gasteiger charge is -2.08. The molecular weight excluding hydrogens is 239 g/mol. The average Bonchev–Trinajstić information content (AvgIpc) is 2.32. The zero-order valence-corrected chi connectivity index (χ0v) is 9.90. The molecule has 0 aliphatic carbocycles. The molecule has 0 aromatic heterocycles. The van der Waals surface area contributed by atoms with Crippen LogP contribution in [-0.2, 0) is 9.53 Å². The van der Waals surface area contributed by atoms with Gasteiger partial charge >= 0.3 is 0 Å². The smallest absolute Gasteiger partial charge is 0.238 e. The highest BCUT2D eigenvalue weighted by Gasteiger charge is 2.07. The molecule has 1 aromatic carbocycles. The lowest BCUT2D eigenvalue weighted by atomic mass is 10.2. The highest BCUT2D eigenvalue weighted by Crippen LogP contribution is 2.21. The van der Waals surface area contributed by atoms with Crippen molar-refractivity contribution in [2.45, 2.75) is 6.42 Å². The van der Waals surface area contributed by atoms with Gasteiger partial charge < -0.3 is 14.8 Å². The van der Waals surface area contributed by atoms with Crippen LogP contribution in [-0.4, -0.2) is 26.2 Å². The van der Waals surface area contributed by atoms with E-state index in [9.17, 15) is 9.18 Å². The van der Waals surface area contributed by atoms with E-state index in [2.05, 4.69) is 5.32 Å². The molecule has 0 bridgehead atoms. The molecule has 6 heteroatoms. The molecule has 5 nitrogen and oxygen atoms in total. The maximum absolute atomic E-state index is 13.5. The van der Waals surface area contributed by atoms with Gasteiger partial charge in [0.15, 0.2) is 11.6 Å². The second-order valence-corrected chi connectivity index (χ2v) is 3.37.